The van der Waals surface area contributed by atoms with E-state index in [2.05, 4.69) is 121 Å². The number of Topliss-reactive ketones (excluding diaryl/α,β-unsaturated/α-hetero) is 1. The maximum Gasteiger partial charge on any atom is 0.311 e. The van der Waals surface area contributed by atoms with E-state index in [4.69, 9.17) is 9.84 Å². The Balaban J connectivity index is 2.68. The monoisotopic (exact) mass is 700 g/mol. The highest BCUT2D eigenvalue weighted by Gasteiger charge is 2.34. The van der Waals surface area contributed by atoms with Crippen molar-refractivity contribution in [2.45, 2.75) is 158 Å². The zero-order valence-corrected chi connectivity index (χ0v) is 33.0. The van der Waals surface area contributed by atoms with Crippen LogP contribution in [-0.2, 0) is 36.0 Å². The van der Waals surface area contributed by atoms with Gasteiger partial charge in [0.25, 0.3) is 0 Å². The van der Waals surface area contributed by atoms with Crippen molar-refractivity contribution < 1.29 is 34.1 Å². The zero-order chi connectivity index (χ0) is 37.2. The maximum atomic E-state index is 13.6. The topological polar surface area (TPSA) is 118 Å². The summed E-state index contributed by atoms with van der Waals surface area (Å²) in [6.45, 7) is 29.2. The molecular weight excluding hydrogens is 645 g/mol. The minimum Gasteiger partial charge on any atom is -0.481 e. The van der Waals surface area contributed by atoms with E-state index in [9.17, 15) is 24.3 Å². The lowest BCUT2D eigenvalue weighted by atomic mass is 9.74. The molecule has 0 unspecified atom stereocenters. The third-order valence-corrected chi connectivity index (χ3v) is 10.2. The summed E-state index contributed by atoms with van der Waals surface area (Å²) in [7, 11) is 0. The third-order valence-electron chi connectivity index (χ3n) is 7.74. The average Bonchev–Trinajstić information content (AvgIpc) is 2.88. The van der Waals surface area contributed by atoms with Gasteiger partial charge in [0.2, 0.25) is 0 Å². The quantitative estimate of drug-likeness (QED) is 0.0733. The van der Waals surface area contributed by atoms with Crippen LogP contribution in [0, 0.1) is 0 Å². The van der Waals surface area contributed by atoms with Gasteiger partial charge < -0.3 is 14.9 Å². The third kappa shape index (κ3) is 11.7. The van der Waals surface area contributed by atoms with E-state index >= 15 is 0 Å². The Hall–Kier alpha value is -2.78. The van der Waals surface area contributed by atoms with Crippen molar-refractivity contribution in [2.75, 3.05) is 0 Å². The van der Waals surface area contributed by atoms with Crippen molar-refractivity contribution in [3.8, 4) is 5.75 Å². The van der Waals surface area contributed by atoms with Crippen LogP contribution in [0.4, 0.5) is 0 Å². The van der Waals surface area contributed by atoms with Gasteiger partial charge in [0.1, 0.15) is 5.75 Å². The van der Waals surface area contributed by atoms with Crippen LogP contribution < -0.4 is 4.74 Å². The lowest BCUT2D eigenvalue weighted by Gasteiger charge is -2.33. The fourth-order valence-electron chi connectivity index (χ4n) is 5.35. The normalized spacial score (nSPS) is 13.0. The first-order valence-corrected chi connectivity index (χ1v) is 18.1. The van der Waals surface area contributed by atoms with Crippen LogP contribution in [0.25, 0.3) is 0 Å². The molecule has 0 fully saturated rings. The Morgan fingerprint density at radius 2 is 0.875 bits per heavy atom. The van der Waals surface area contributed by atoms with Crippen LogP contribution in [0.15, 0.2) is 34.1 Å². The molecule has 0 aromatic heterocycles. The van der Waals surface area contributed by atoms with Gasteiger partial charge in [-0.15, -0.1) is 23.5 Å². The lowest BCUT2D eigenvalue weighted by Crippen LogP contribution is -2.25. The molecular formula is C39H56O7S2. The number of carbonyl (C=O) groups is 4. The molecule has 0 saturated carbocycles. The van der Waals surface area contributed by atoms with Crippen LogP contribution >= 0.6 is 23.5 Å². The van der Waals surface area contributed by atoms with E-state index < -0.39 is 17.9 Å². The number of ether oxygens (including phenoxy) is 1. The number of carboxylic acid groups (broad SMARTS) is 2. The van der Waals surface area contributed by atoms with Gasteiger partial charge in [-0.3, -0.25) is 19.2 Å². The Labute approximate surface area is 296 Å². The van der Waals surface area contributed by atoms with Crippen molar-refractivity contribution in [3.05, 3.63) is 52.1 Å². The molecule has 48 heavy (non-hydrogen) atoms. The first-order valence-electron chi connectivity index (χ1n) is 16.5. The highest BCUT2D eigenvalue weighted by molar-refractivity contribution is 8.18. The molecule has 2 rings (SSSR count). The Morgan fingerprint density at radius 3 is 1.21 bits per heavy atom. The van der Waals surface area contributed by atoms with Crippen LogP contribution in [0.2, 0.25) is 0 Å². The zero-order valence-electron chi connectivity index (χ0n) is 31.4. The van der Waals surface area contributed by atoms with Gasteiger partial charge in [0, 0.05) is 32.9 Å². The number of benzene rings is 2. The highest BCUT2D eigenvalue weighted by atomic mass is 32.2. The van der Waals surface area contributed by atoms with E-state index in [1.54, 1.807) is 23.5 Å². The maximum absolute atomic E-state index is 13.6. The second-order valence-corrected chi connectivity index (χ2v) is 20.7. The van der Waals surface area contributed by atoms with Crippen molar-refractivity contribution in [1.29, 1.82) is 0 Å². The summed E-state index contributed by atoms with van der Waals surface area (Å²) in [5, 5.41) is 18.4. The van der Waals surface area contributed by atoms with E-state index in [-0.39, 0.29) is 57.2 Å². The number of carboxylic acids is 2. The molecule has 2 N–H and O–H groups in total. The number of rotatable bonds is 12. The molecule has 0 saturated heterocycles. The number of hydrogen-bond donors (Lipinski definition) is 2. The fourth-order valence-corrected chi connectivity index (χ4v) is 7.94. The molecule has 0 aliphatic heterocycles. The molecule has 0 aliphatic carbocycles. The predicted molar refractivity (Wildman–Crippen MR) is 197 cm³/mol. The van der Waals surface area contributed by atoms with Crippen LogP contribution in [0.5, 0.6) is 5.75 Å². The smallest absolute Gasteiger partial charge is 0.311 e. The van der Waals surface area contributed by atoms with Crippen molar-refractivity contribution >= 4 is 47.2 Å². The minimum atomic E-state index is -1.05. The first kappa shape index (κ1) is 41.4. The molecule has 0 bridgehead atoms. The van der Waals surface area contributed by atoms with Gasteiger partial charge in [0.05, 0.1) is 23.3 Å². The molecule has 0 amide bonds. The number of carbonyl (C=O) groups excluding carboxylic acids is 2. The Morgan fingerprint density at radius 1 is 0.542 bits per heavy atom. The van der Waals surface area contributed by atoms with Crippen molar-refractivity contribution in [1.82, 2.24) is 0 Å². The summed E-state index contributed by atoms with van der Waals surface area (Å²) in [6.07, 6.45) is -0.759. The lowest BCUT2D eigenvalue weighted by molar-refractivity contribution is -0.142. The van der Waals surface area contributed by atoms with E-state index in [0.717, 1.165) is 32.0 Å². The van der Waals surface area contributed by atoms with Gasteiger partial charge in [0.15, 0.2) is 5.78 Å². The van der Waals surface area contributed by atoms with E-state index in [1.807, 2.05) is 0 Å². The van der Waals surface area contributed by atoms with Crippen LogP contribution in [0.3, 0.4) is 0 Å². The SMILES string of the molecule is CC(C)(Sc1cc(C(C)(C)C)c(OC(=O)CCC(=O)O)c(C(C)(C)C)c1)Sc1cc(C(C)(C)C)c(C(=O)CCC(=O)O)c(C(C)(C)C)c1. The number of hydrogen-bond acceptors (Lipinski definition) is 7. The number of ketones is 1. The van der Waals surface area contributed by atoms with E-state index in [0.29, 0.717) is 11.3 Å². The summed E-state index contributed by atoms with van der Waals surface area (Å²) in [5.41, 5.74) is 2.73. The highest BCUT2D eigenvalue weighted by Crippen LogP contribution is 2.50. The summed E-state index contributed by atoms with van der Waals surface area (Å²) >= 11 is 3.41. The summed E-state index contributed by atoms with van der Waals surface area (Å²) < 4.78 is 5.56. The number of aliphatic carboxylic acids is 2. The van der Waals surface area contributed by atoms with E-state index in [1.165, 1.54) is 0 Å². The predicted octanol–water partition coefficient (Wildman–Crippen LogP) is 10.3. The fraction of sp³-hybridized carbons (Fsp3) is 0.590. The molecule has 2 aromatic carbocycles. The molecule has 7 nitrogen and oxygen atoms in total. The molecule has 2 aromatic rings. The second kappa shape index (κ2) is 15.0. The summed E-state index contributed by atoms with van der Waals surface area (Å²) in [6, 6.07) is 8.34. The molecule has 9 heteroatoms. The molecule has 0 atom stereocenters. The molecule has 0 spiro atoms. The summed E-state index contributed by atoms with van der Waals surface area (Å²) in [5.74, 6) is -2.26. The molecule has 0 heterocycles. The standard InChI is InChI=1S/C39H56O7S2/c1-35(2,3)25-19-23(20-26(36(4,5)6)33(25)29(40)15-16-30(41)42)47-39(13,14)48-24-21-27(37(7,8)9)34(28(22-24)38(10,11)12)46-32(45)18-17-31(43)44/h19-22H,15-18H2,1-14H3,(H,41,42)(H,43,44). The largest absolute Gasteiger partial charge is 0.481 e. The molecule has 0 aliphatic rings. The minimum absolute atomic E-state index is 0.0492. The molecule has 266 valence electrons. The van der Waals surface area contributed by atoms with Gasteiger partial charge in [-0.2, -0.15) is 0 Å². The average molecular weight is 701 g/mol. The van der Waals surface area contributed by atoms with Gasteiger partial charge in [-0.25, -0.2) is 0 Å². The second-order valence-electron chi connectivity index (χ2n) is 17.0. The number of esters is 1. The Bertz CT molecular complexity index is 1470. The van der Waals surface area contributed by atoms with Crippen molar-refractivity contribution in [3.63, 3.8) is 0 Å². The number of thioether (sulfide) groups is 2. The molecule has 0 radical (unpaired) electrons. The summed E-state index contributed by atoms with van der Waals surface area (Å²) in [4.78, 5) is 50.8. The Kier molecular flexibility index (Phi) is 12.9. The van der Waals surface area contributed by atoms with Crippen LogP contribution in [-0.4, -0.2) is 38.0 Å². The van der Waals surface area contributed by atoms with Crippen LogP contribution in [0.1, 0.15) is 155 Å². The van der Waals surface area contributed by atoms with Crippen molar-refractivity contribution in [2.24, 2.45) is 0 Å². The van der Waals surface area contributed by atoms with Gasteiger partial charge >= 0.3 is 17.9 Å². The van der Waals surface area contributed by atoms with Gasteiger partial charge in [-0.1, -0.05) is 83.1 Å². The first-order chi connectivity index (χ1) is 21.5. The van der Waals surface area contributed by atoms with Gasteiger partial charge in [-0.05, 0) is 70.9 Å².